The van der Waals surface area contributed by atoms with Crippen molar-refractivity contribution in [1.29, 1.82) is 0 Å². The summed E-state index contributed by atoms with van der Waals surface area (Å²) < 4.78 is 0. The Bertz CT molecular complexity index is 230. The monoisotopic (exact) mass is 181 g/mol. The van der Waals surface area contributed by atoms with Gasteiger partial charge < -0.3 is 10.4 Å². The van der Waals surface area contributed by atoms with Crippen molar-refractivity contribution in [2.24, 2.45) is 5.41 Å². The molecule has 1 unspecified atom stereocenters. The van der Waals surface area contributed by atoms with Crippen LogP contribution in [0.25, 0.3) is 0 Å². The summed E-state index contributed by atoms with van der Waals surface area (Å²) in [6.07, 6.45) is 6.40. The van der Waals surface area contributed by atoms with Crippen molar-refractivity contribution in [2.45, 2.75) is 51.7 Å². The highest BCUT2D eigenvalue weighted by molar-refractivity contribution is 5.18. The molecular weight excluding hydrogens is 162 g/mol. The fraction of sp³-hybridized carbons (Fsp3) is 0.818. The third-order valence-electron chi connectivity index (χ3n) is 3.47. The molecule has 2 nitrogen and oxygen atoms in total. The molecule has 2 N–H and O–H groups in total. The van der Waals surface area contributed by atoms with Gasteiger partial charge in [0.2, 0.25) is 0 Å². The molecule has 74 valence electrons. The summed E-state index contributed by atoms with van der Waals surface area (Å²) in [5.41, 5.74) is 1.41. The molecule has 0 saturated heterocycles. The van der Waals surface area contributed by atoms with E-state index in [0.717, 1.165) is 12.8 Å². The fourth-order valence-corrected chi connectivity index (χ4v) is 1.92. The molecule has 0 radical (unpaired) electrons. The summed E-state index contributed by atoms with van der Waals surface area (Å²) in [7, 11) is 0. The predicted molar refractivity (Wildman–Crippen MR) is 53.3 cm³/mol. The number of hydrogen-bond acceptors (Lipinski definition) is 2. The highest BCUT2D eigenvalue weighted by Gasteiger charge is 2.45. The summed E-state index contributed by atoms with van der Waals surface area (Å²) >= 11 is 0. The van der Waals surface area contributed by atoms with E-state index in [1.165, 1.54) is 18.4 Å². The largest absolute Gasteiger partial charge is 0.388 e. The van der Waals surface area contributed by atoms with Crippen molar-refractivity contribution in [3.8, 4) is 0 Å². The summed E-state index contributed by atoms with van der Waals surface area (Å²) in [4.78, 5) is 0. The Kier molecular flexibility index (Phi) is 2.11. The number of hydrogen-bond donors (Lipinski definition) is 2. The molecule has 2 atom stereocenters. The lowest BCUT2D eigenvalue weighted by Gasteiger charge is -2.27. The van der Waals surface area contributed by atoms with Gasteiger partial charge in [-0.15, -0.1) is 0 Å². The molecule has 0 aromatic rings. The van der Waals surface area contributed by atoms with Gasteiger partial charge in [-0.3, -0.25) is 0 Å². The predicted octanol–water partition coefficient (Wildman–Crippen LogP) is 1.80. The van der Waals surface area contributed by atoms with Crippen LogP contribution in [0, 0.1) is 5.41 Å². The third-order valence-corrected chi connectivity index (χ3v) is 3.47. The highest BCUT2D eigenvalue weighted by Crippen LogP contribution is 2.50. The molecule has 1 aliphatic carbocycles. The first-order valence-electron chi connectivity index (χ1n) is 5.25. The smallest absolute Gasteiger partial charge is 0.0820 e. The van der Waals surface area contributed by atoms with Gasteiger partial charge in [0.05, 0.1) is 6.10 Å². The second kappa shape index (κ2) is 3.02. The summed E-state index contributed by atoms with van der Waals surface area (Å²) in [5, 5.41) is 13.3. The van der Waals surface area contributed by atoms with Crippen molar-refractivity contribution in [1.82, 2.24) is 5.32 Å². The standard InChI is InChI=1S/C11H19NO/c1-8-3-4-9(7-12-8)10(13)11(2)5-6-11/h7-8,10,12-13H,3-6H2,1-2H3/t8-,10?/m1/s1. The Morgan fingerprint density at radius 3 is 2.77 bits per heavy atom. The summed E-state index contributed by atoms with van der Waals surface area (Å²) in [6, 6.07) is 0.572. The molecule has 1 fully saturated rings. The van der Waals surface area contributed by atoms with Crippen LogP contribution < -0.4 is 5.32 Å². The van der Waals surface area contributed by atoms with Crippen molar-refractivity contribution < 1.29 is 5.11 Å². The lowest BCUT2D eigenvalue weighted by atomic mass is 9.90. The van der Waals surface area contributed by atoms with E-state index in [1.54, 1.807) is 0 Å². The molecule has 0 aromatic carbocycles. The Hall–Kier alpha value is -0.500. The average Bonchev–Trinajstić information content (AvgIpc) is 2.85. The first kappa shape index (κ1) is 9.07. The molecule has 0 aromatic heterocycles. The normalized spacial score (nSPS) is 33.2. The van der Waals surface area contributed by atoms with Gasteiger partial charge in [-0.2, -0.15) is 0 Å². The van der Waals surface area contributed by atoms with Crippen LogP contribution in [0.1, 0.15) is 39.5 Å². The molecule has 1 heterocycles. The molecule has 1 aliphatic heterocycles. The summed E-state index contributed by atoms with van der Waals surface area (Å²) in [6.45, 7) is 4.36. The SMILES string of the molecule is C[C@@H]1CCC(C(O)C2(C)CC2)=CN1. The van der Waals surface area contributed by atoms with E-state index in [-0.39, 0.29) is 11.5 Å². The molecule has 2 aliphatic rings. The van der Waals surface area contributed by atoms with E-state index >= 15 is 0 Å². The van der Waals surface area contributed by atoms with E-state index in [0.29, 0.717) is 6.04 Å². The Morgan fingerprint density at radius 1 is 1.62 bits per heavy atom. The topological polar surface area (TPSA) is 32.3 Å². The van der Waals surface area contributed by atoms with Gasteiger partial charge in [-0.05, 0) is 49.8 Å². The molecule has 2 heteroatoms. The molecular formula is C11H19NO. The van der Waals surface area contributed by atoms with Gasteiger partial charge in [-0.25, -0.2) is 0 Å². The van der Waals surface area contributed by atoms with Gasteiger partial charge in [0.15, 0.2) is 0 Å². The van der Waals surface area contributed by atoms with Crippen LogP contribution in [0.5, 0.6) is 0 Å². The maximum Gasteiger partial charge on any atom is 0.0820 e. The van der Waals surface area contributed by atoms with Crippen LogP contribution in [-0.2, 0) is 0 Å². The molecule has 0 spiro atoms. The van der Waals surface area contributed by atoms with E-state index in [1.807, 2.05) is 6.20 Å². The van der Waals surface area contributed by atoms with Crippen LogP contribution in [0.2, 0.25) is 0 Å². The van der Waals surface area contributed by atoms with Crippen molar-refractivity contribution in [3.63, 3.8) is 0 Å². The van der Waals surface area contributed by atoms with Crippen LogP contribution in [0.4, 0.5) is 0 Å². The minimum Gasteiger partial charge on any atom is -0.388 e. The number of aliphatic hydroxyl groups excluding tert-OH is 1. The van der Waals surface area contributed by atoms with Crippen LogP contribution in [-0.4, -0.2) is 17.3 Å². The third kappa shape index (κ3) is 1.73. The Balaban J connectivity index is 2.00. The summed E-state index contributed by atoms with van der Waals surface area (Å²) in [5.74, 6) is 0. The zero-order valence-electron chi connectivity index (χ0n) is 8.51. The lowest BCUT2D eigenvalue weighted by molar-refractivity contribution is 0.130. The van der Waals surface area contributed by atoms with Crippen molar-refractivity contribution >= 4 is 0 Å². The van der Waals surface area contributed by atoms with Crippen LogP contribution >= 0.6 is 0 Å². The number of aliphatic hydroxyl groups is 1. The van der Waals surface area contributed by atoms with Crippen molar-refractivity contribution in [3.05, 3.63) is 11.8 Å². The number of nitrogens with one attached hydrogen (secondary N) is 1. The molecule has 0 amide bonds. The average molecular weight is 181 g/mol. The second-order valence-electron chi connectivity index (χ2n) is 4.88. The van der Waals surface area contributed by atoms with Gasteiger partial charge in [0.25, 0.3) is 0 Å². The minimum absolute atomic E-state index is 0.201. The zero-order chi connectivity index (χ0) is 9.47. The minimum atomic E-state index is -0.201. The Morgan fingerprint density at radius 2 is 2.31 bits per heavy atom. The maximum absolute atomic E-state index is 10.1. The van der Waals surface area contributed by atoms with Crippen molar-refractivity contribution in [2.75, 3.05) is 0 Å². The number of rotatable bonds is 2. The van der Waals surface area contributed by atoms with E-state index in [2.05, 4.69) is 19.2 Å². The van der Waals surface area contributed by atoms with Gasteiger partial charge in [0, 0.05) is 6.04 Å². The van der Waals surface area contributed by atoms with Gasteiger partial charge in [0.1, 0.15) is 0 Å². The van der Waals surface area contributed by atoms with E-state index < -0.39 is 0 Å². The van der Waals surface area contributed by atoms with E-state index in [9.17, 15) is 5.11 Å². The molecule has 13 heavy (non-hydrogen) atoms. The maximum atomic E-state index is 10.1. The Labute approximate surface area is 80.0 Å². The lowest BCUT2D eigenvalue weighted by Crippen LogP contribution is -2.31. The van der Waals surface area contributed by atoms with E-state index in [4.69, 9.17) is 0 Å². The van der Waals surface area contributed by atoms with Crippen LogP contribution in [0.3, 0.4) is 0 Å². The van der Waals surface area contributed by atoms with Crippen LogP contribution in [0.15, 0.2) is 11.8 Å². The molecule has 2 rings (SSSR count). The first-order valence-corrected chi connectivity index (χ1v) is 5.25. The van der Waals surface area contributed by atoms with Gasteiger partial charge in [-0.1, -0.05) is 6.92 Å². The van der Waals surface area contributed by atoms with Gasteiger partial charge >= 0.3 is 0 Å². The molecule has 0 bridgehead atoms. The zero-order valence-corrected chi connectivity index (χ0v) is 8.51. The molecule has 1 saturated carbocycles. The second-order valence-corrected chi connectivity index (χ2v) is 4.88. The first-order chi connectivity index (χ1) is 6.12. The fourth-order valence-electron chi connectivity index (χ4n) is 1.92. The highest BCUT2D eigenvalue weighted by atomic mass is 16.3. The quantitative estimate of drug-likeness (QED) is 0.681.